The fourth-order valence-electron chi connectivity index (χ4n) is 5.66. The van der Waals surface area contributed by atoms with Crippen molar-refractivity contribution in [3.8, 4) is 44.5 Å². The summed E-state index contributed by atoms with van der Waals surface area (Å²) in [6.07, 6.45) is -10.3. The van der Waals surface area contributed by atoms with E-state index < -0.39 is 57.7 Å². The van der Waals surface area contributed by atoms with Crippen LogP contribution in [0.4, 0.5) is 26.3 Å². The van der Waals surface area contributed by atoms with E-state index in [9.17, 15) is 9.59 Å². The van der Waals surface area contributed by atoms with Crippen LogP contribution < -0.4 is 0 Å². The first-order valence-electron chi connectivity index (χ1n) is 14.9. The van der Waals surface area contributed by atoms with Crippen LogP contribution >= 0.6 is 0 Å². The number of benzene rings is 5. The first kappa shape index (κ1) is 34.0. The molecule has 0 fully saturated rings. The molecule has 0 atom stereocenters. The van der Waals surface area contributed by atoms with Crippen molar-refractivity contribution in [3.63, 3.8) is 0 Å². The lowest BCUT2D eigenvalue weighted by Gasteiger charge is -2.29. The Balaban J connectivity index is 2.03. The fourth-order valence-corrected chi connectivity index (χ4v) is 5.66. The molecule has 5 rings (SSSR count). The second-order valence-electron chi connectivity index (χ2n) is 10.6. The summed E-state index contributed by atoms with van der Waals surface area (Å²) in [5.74, 6) is -1.48. The number of rotatable bonds is 8. The first-order valence-corrected chi connectivity index (χ1v) is 14.9. The Morgan fingerprint density at radius 1 is 0.458 bits per heavy atom. The molecule has 246 valence electrons. The molecule has 0 spiro atoms. The summed E-state index contributed by atoms with van der Waals surface area (Å²) in [5.41, 5.74) is -5.97. The van der Waals surface area contributed by atoms with Crippen molar-refractivity contribution in [2.24, 2.45) is 0 Å². The van der Waals surface area contributed by atoms with Crippen LogP contribution in [-0.4, -0.2) is 25.2 Å². The van der Waals surface area contributed by atoms with E-state index in [2.05, 4.69) is 0 Å². The van der Waals surface area contributed by atoms with Crippen molar-refractivity contribution in [1.82, 2.24) is 0 Å². The maximum atomic E-state index is 15.6. The minimum Gasteiger partial charge on any atom is -0.462 e. The summed E-state index contributed by atoms with van der Waals surface area (Å²) < 4.78 is 104. The SMILES string of the molecule is CCOC(=O)c1ccc(-c2c(-c3ccc(C(=O)OCC)cc3)c(C(F)(F)F)c(-c3ccccc3)c(-c3ccccc3)c2C(F)(F)F)cc1. The van der Waals surface area contributed by atoms with E-state index in [4.69, 9.17) is 9.47 Å². The van der Waals surface area contributed by atoms with Gasteiger partial charge >= 0.3 is 24.3 Å². The molecule has 5 aromatic rings. The van der Waals surface area contributed by atoms with Crippen LogP contribution in [-0.2, 0) is 21.8 Å². The van der Waals surface area contributed by atoms with Crippen LogP contribution in [0.3, 0.4) is 0 Å². The zero-order valence-corrected chi connectivity index (χ0v) is 25.7. The van der Waals surface area contributed by atoms with Gasteiger partial charge in [0.1, 0.15) is 0 Å². The number of hydrogen-bond donors (Lipinski definition) is 0. The second kappa shape index (κ2) is 13.8. The standard InChI is InChI=1S/C38H28F6O4/c1-3-47-35(45)27-19-15-25(16-20-27)31-32(26-17-21-28(22-18-26)36(46)48-4-2)34(38(42,43)44)30(24-13-9-6-10-14-24)29(33(31)37(39,40)41)23-11-7-5-8-12-23/h5-22H,3-4H2,1-2H3. The van der Waals surface area contributed by atoms with Gasteiger partial charge in [-0.1, -0.05) is 84.9 Å². The maximum Gasteiger partial charge on any atom is 0.417 e. The van der Waals surface area contributed by atoms with Crippen LogP contribution in [0.25, 0.3) is 44.5 Å². The van der Waals surface area contributed by atoms with Gasteiger partial charge in [0.05, 0.1) is 35.5 Å². The van der Waals surface area contributed by atoms with Crippen molar-refractivity contribution < 1.29 is 45.4 Å². The predicted octanol–water partition coefficient (Wildman–Crippen LogP) is 10.7. The van der Waals surface area contributed by atoms with E-state index in [1.807, 2.05) is 0 Å². The van der Waals surface area contributed by atoms with Crippen molar-refractivity contribution in [2.45, 2.75) is 26.2 Å². The third kappa shape index (κ3) is 6.83. The van der Waals surface area contributed by atoms with Gasteiger partial charge in [-0.15, -0.1) is 0 Å². The molecule has 0 aliphatic heterocycles. The van der Waals surface area contributed by atoms with E-state index in [0.29, 0.717) is 0 Å². The van der Waals surface area contributed by atoms with E-state index in [1.54, 1.807) is 26.0 Å². The topological polar surface area (TPSA) is 52.6 Å². The largest absolute Gasteiger partial charge is 0.462 e. The average molecular weight is 663 g/mol. The lowest BCUT2D eigenvalue weighted by atomic mass is 9.76. The lowest BCUT2D eigenvalue weighted by molar-refractivity contribution is -0.139. The maximum absolute atomic E-state index is 15.6. The Bertz CT molecular complexity index is 1770. The smallest absolute Gasteiger partial charge is 0.417 e. The predicted molar refractivity (Wildman–Crippen MR) is 170 cm³/mol. The molecule has 0 radical (unpaired) electrons. The quantitative estimate of drug-likeness (QED) is 0.123. The highest BCUT2D eigenvalue weighted by Crippen LogP contribution is 2.57. The molecule has 0 bridgehead atoms. The molecule has 5 aromatic carbocycles. The molecule has 10 heteroatoms. The lowest BCUT2D eigenvalue weighted by Crippen LogP contribution is -2.18. The molecule has 0 amide bonds. The zero-order chi connectivity index (χ0) is 34.6. The summed E-state index contributed by atoms with van der Waals surface area (Å²) in [4.78, 5) is 24.8. The van der Waals surface area contributed by atoms with Crippen LogP contribution in [0.5, 0.6) is 0 Å². The number of alkyl halides is 6. The summed E-state index contributed by atoms with van der Waals surface area (Å²) in [6, 6.07) is 23.8. The number of carbonyl (C=O) groups is 2. The Morgan fingerprint density at radius 3 is 0.979 bits per heavy atom. The zero-order valence-electron chi connectivity index (χ0n) is 25.7. The van der Waals surface area contributed by atoms with Gasteiger partial charge in [0, 0.05) is 22.3 Å². The number of hydrogen-bond acceptors (Lipinski definition) is 4. The van der Waals surface area contributed by atoms with Gasteiger partial charge in [0.15, 0.2) is 0 Å². The van der Waals surface area contributed by atoms with Gasteiger partial charge in [-0.2, -0.15) is 26.3 Å². The second-order valence-corrected chi connectivity index (χ2v) is 10.6. The highest BCUT2D eigenvalue weighted by Gasteiger charge is 2.46. The Kier molecular flexibility index (Phi) is 9.74. The average Bonchev–Trinajstić information content (AvgIpc) is 3.07. The molecule has 48 heavy (non-hydrogen) atoms. The molecule has 0 saturated carbocycles. The number of ether oxygens (including phenoxy) is 2. The molecule has 0 unspecified atom stereocenters. The van der Waals surface area contributed by atoms with Gasteiger partial charge in [-0.3, -0.25) is 0 Å². The normalized spacial score (nSPS) is 11.7. The van der Waals surface area contributed by atoms with Crippen molar-refractivity contribution in [2.75, 3.05) is 13.2 Å². The molecule has 4 nitrogen and oxygen atoms in total. The molecule has 0 aromatic heterocycles. The molecular formula is C38H28F6O4. The van der Waals surface area contributed by atoms with Crippen LogP contribution in [0.2, 0.25) is 0 Å². The molecule has 0 N–H and O–H groups in total. The van der Waals surface area contributed by atoms with Crippen LogP contribution in [0, 0.1) is 0 Å². The Labute approximate surface area is 272 Å². The van der Waals surface area contributed by atoms with E-state index in [0.717, 1.165) is 0 Å². The van der Waals surface area contributed by atoms with Crippen LogP contribution in [0.15, 0.2) is 109 Å². The molecule has 0 aliphatic rings. The van der Waals surface area contributed by atoms with E-state index >= 15 is 26.3 Å². The minimum absolute atomic E-state index is 0.00901. The molecule has 0 aliphatic carbocycles. The third-order valence-corrected chi connectivity index (χ3v) is 7.56. The van der Waals surface area contributed by atoms with Gasteiger partial charge < -0.3 is 9.47 Å². The van der Waals surface area contributed by atoms with Crippen molar-refractivity contribution >= 4 is 11.9 Å². The van der Waals surface area contributed by atoms with E-state index in [1.165, 1.54) is 97.1 Å². The van der Waals surface area contributed by atoms with Crippen LogP contribution in [0.1, 0.15) is 45.7 Å². The minimum atomic E-state index is -5.17. The van der Waals surface area contributed by atoms with Gasteiger partial charge in [-0.05, 0) is 60.4 Å². The van der Waals surface area contributed by atoms with E-state index in [-0.39, 0.29) is 46.6 Å². The van der Waals surface area contributed by atoms with Crippen molar-refractivity contribution in [1.29, 1.82) is 0 Å². The summed E-state index contributed by atoms with van der Waals surface area (Å²) in [6.45, 7) is 3.25. The first-order chi connectivity index (χ1) is 22.9. The molecule has 0 heterocycles. The monoisotopic (exact) mass is 662 g/mol. The Hall–Kier alpha value is -5.38. The number of halogens is 6. The summed E-state index contributed by atoms with van der Waals surface area (Å²) in [5, 5.41) is 0. The van der Waals surface area contributed by atoms with Gasteiger partial charge in [0.2, 0.25) is 0 Å². The number of esters is 2. The summed E-state index contributed by atoms with van der Waals surface area (Å²) >= 11 is 0. The van der Waals surface area contributed by atoms with Gasteiger partial charge in [-0.25, -0.2) is 9.59 Å². The third-order valence-electron chi connectivity index (χ3n) is 7.56. The highest BCUT2D eigenvalue weighted by atomic mass is 19.4. The highest BCUT2D eigenvalue weighted by molar-refractivity contribution is 6.03. The summed E-state index contributed by atoms with van der Waals surface area (Å²) in [7, 11) is 0. The Morgan fingerprint density at radius 2 is 0.729 bits per heavy atom. The van der Waals surface area contributed by atoms with Crippen molar-refractivity contribution in [3.05, 3.63) is 131 Å². The molecule has 0 saturated heterocycles. The van der Waals surface area contributed by atoms with Gasteiger partial charge in [0.25, 0.3) is 0 Å². The number of carbonyl (C=O) groups excluding carboxylic acids is 2. The fraction of sp³-hybridized carbons (Fsp3) is 0.158. The molecular weight excluding hydrogens is 634 g/mol.